The van der Waals surface area contributed by atoms with Gasteiger partial charge in [0, 0.05) is 5.56 Å². The van der Waals surface area contributed by atoms with Gasteiger partial charge >= 0.3 is 5.97 Å². The van der Waals surface area contributed by atoms with Crippen molar-refractivity contribution >= 4 is 5.97 Å². The molecule has 7 heteroatoms. The molecule has 0 radical (unpaired) electrons. The first-order valence-electron chi connectivity index (χ1n) is 8.88. The molecule has 1 N–H and O–H groups in total. The standard InChI is InChI=1S/C22H17F2N3O2/c1-3-22(2,19-9-5-7-17(27-19)21(28)29)18-8-4-6-16(26-18)13-10-11-15(23)14(12-25)20(13)24/h4-11H,3H2,1-2H3,(H,28,29). The molecular formula is C22H17F2N3O2. The van der Waals surface area contributed by atoms with E-state index in [1.54, 1.807) is 30.3 Å². The minimum atomic E-state index is -1.13. The second-order valence-corrected chi connectivity index (χ2v) is 6.70. The summed E-state index contributed by atoms with van der Waals surface area (Å²) in [5, 5.41) is 18.2. The minimum absolute atomic E-state index is 0.00972. The zero-order valence-corrected chi connectivity index (χ0v) is 15.8. The molecule has 0 aliphatic rings. The van der Waals surface area contributed by atoms with E-state index < -0.39 is 28.6 Å². The molecule has 3 aromatic rings. The molecule has 2 heterocycles. The van der Waals surface area contributed by atoms with Crippen molar-refractivity contribution in [1.82, 2.24) is 9.97 Å². The fraction of sp³-hybridized carbons (Fsp3) is 0.182. The molecule has 0 saturated carbocycles. The number of carboxylic acids is 1. The predicted octanol–water partition coefficient (Wildman–Crippen LogP) is 4.71. The van der Waals surface area contributed by atoms with E-state index in [4.69, 9.17) is 5.26 Å². The van der Waals surface area contributed by atoms with Gasteiger partial charge in [0.25, 0.3) is 0 Å². The molecule has 1 atom stereocenters. The summed E-state index contributed by atoms with van der Waals surface area (Å²) in [5.41, 5.74) is -0.168. The van der Waals surface area contributed by atoms with Crippen molar-refractivity contribution in [1.29, 1.82) is 5.26 Å². The topological polar surface area (TPSA) is 86.9 Å². The van der Waals surface area contributed by atoms with Crippen LogP contribution in [-0.2, 0) is 5.41 Å². The second-order valence-electron chi connectivity index (χ2n) is 6.70. The van der Waals surface area contributed by atoms with Crippen LogP contribution < -0.4 is 0 Å². The lowest BCUT2D eigenvalue weighted by atomic mass is 9.79. The first kappa shape index (κ1) is 20.1. The number of nitrogens with zero attached hydrogens (tertiary/aromatic N) is 3. The van der Waals surface area contributed by atoms with E-state index in [0.717, 1.165) is 6.07 Å². The van der Waals surface area contributed by atoms with Gasteiger partial charge in [0.1, 0.15) is 23.1 Å². The Labute approximate surface area is 166 Å². The van der Waals surface area contributed by atoms with Crippen LogP contribution in [0.2, 0.25) is 0 Å². The van der Waals surface area contributed by atoms with Gasteiger partial charge in [-0.3, -0.25) is 4.98 Å². The van der Waals surface area contributed by atoms with Gasteiger partial charge in [-0.15, -0.1) is 0 Å². The smallest absolute Gasteiger partial charge is 0.354 e. The number of hydrogen-bond acceptors (Lipinski definition) is 4. The van der Waals surface area contributed by atoms with Crippen LogP contribution in [0.4, 0.5) is 8.78 Å². The van der Waals surface area contributed by atoms with E-state index in [0.29, 0.717) is 17.8 Å². The maximum Gasteiger partial charge on any atom is 0.354 e. The molecular weight excluding hydrogens is 376 g/mol. The van der Waals surface area contributed by atoms with E-state index >= 15 is 0 Å². The summed E-state index contributed by atoms with van der Waals surface area (Å²) in [6.07, 6.45) is 0.550. The molecule has 0 amide bonds. The average molecular weight is 393 g/mol. The largest absolute Gasteiger partial charge is 0.477 e. The second kappa shape index (κ2) is 7.76. The Morgan fingerprint density at radius 1 is 1.10 bits per heavy atom. The van der Waals surface area contributed by atoms with Crippen molar-refractivity contribution in [3.8, 4) is 17.3 Å². The van der Waals surface area contributed by atoms with Crippen LogP contribution in [0.1, 0.15) is 47.7 Å². The van der Waals surface area contributed by atoms with Gasteiger partial charge in [-0.1, -0.05) is 19.1 Å². The molecule has 0 aliphatic carbocycles. The number of rotatable bonds is 5. The summed E-state index contributed by atoms with van der Waals surface area (Å²) in [5.74, 6) is -3.04. The van der Waals surface area contributed by atoms with Crippen LogP contribution in [0.3, 0.4) is 0 Å². The number of benzene rings is 1. The molecule has 2 aromatic heterocycles. The summed E-state index contributed by atoms with van der Waals surface area (Å²) < 4.78 is 28.3. The maximum absolute atomic E-state index is 14.6. The summed E-state index contributed by atoms with van der Waals surface area (Å²) in [6, 6.07) is 13.5. The van der Waals surface area contributed by atoms with Crippen molar-refractivity contribution < 1.29 is 18.7 Å². The Kier molecular flexibility index (Phi) is 5.37. The number of aromatic nitrogens is 2. The molecule has 5 nitrogen and oxygen atoms in total. The number of pyridine rings is 2. The number of halogens is 2. The van der Waals surface area contributed by atoms with Crippen LogP contribution >= 0.6 is 0 Å². The maximum atomic E-state index is 14.6. The molecule has 1 aromatic carbocycles. The van der Waals surface area contributed by atoms with Gasteiger partial charge in [-0.05, 0) is 49.7 Å². The summed E-state index contributed by atoms with van der Waals surface area (Å²) in [4.78, 5) is 20.1. The van der Waals surface area contributed by atoms with E-state index in [1.807, 2.05) is 13.8 Å². The van der Waals surface area contributed by atoms with E-state index in [-0.39, 0.29) is 17.0 Å². The molecule has 0 bridgehead atoms. The van der Waals surface area contributed by atoms with Gasteiger partial charge in [0.2, 0.25) is 0 Å². The monoisotopic (exact) mass is 393 g/mol. The van der Waals surface area contributed by atoms with Gasteiger partial charge in [-0.2, -0.15) is 5.26 Å². The number of carboxylic acid groups (broad SMARTS) is 1. The number of nitriles is 1. The van der Waals surface area contributed by atoms with Crippen molar-refractivity contribution in [3.05, 3.63) is 82.8 Å². The third-order valence-corrected chi connectivity index (χ3v) is 5.03. The SMILES string of the molecule is CCC(C)(c1cccc(C(=O)O)n1)c1cccc(-c2ccc(F)c(C#N)c2F)n1. The first-order valence-corrected chi connectivity index (χ1v) is 8.88. The van der Waals surface area contributed by atoms with Crippen molar-refractivity contribution in [2.45, 2.75) is 25.7 Å². The minimum Gasteiger partial charge on any atom is -0.477 e. The van der Waals surface area contributed by atoms with Gasteiger partial charge < -0.3 is 5.11 Å². The van der Waals surface area contributed by atoms with Gasteiger partial charge in [0.05, 0.1) is 22.5 Å². The lowest BCUT2D eigenvalue weighted by Gasteiger charge is -2.28. The molecule has 0 fully saturated rings. The Bertz CT molecular complexity index is 1140. The van der Waals surface area contributed by atoms with Crippen LogP contribution in [0.25, 0.3) is 11.3 Å². The van der Waals surface area contributed by atoms with Crippen molar-refractivity contribution in [2.75, 3.05) is 0 Å². The molecule has 146 valence electrons. The first-order chi connectivity index (χ1) is 13.8. The lowest BCUT2D eigenvalue weighted by Crippen LogP contribution is -2.26. The quantitative estimate of drug-likeness (QED) is 0.678. The normalized spacial score (nSPS) is 12.8. The van der Waals surface area contributed by atoms with Crippen molar-refractivity contribution in [2.24, 2.45) is 0 Å². The number of carbonyl (C=O) groups is 1. The zero-order chi connectivity index (χ0) is 21.2. The fourth-order valence-corrected chi connectivity index (χ4v) is 3.10. The molecule has 29 heavy (non-hydrogen) atoms. The van der Waals surface area contributed by atoms with Gasteiger partial charge in [0.15, 0.2) is 5.82 Å². The average Bonchev–Trinajstić information content (AvgIpc) is 2.73. The molecule has 0 saturated heterocycles. The molecule has 1 unspecified atom stereocenters. The summed E-state index contributed by atoms with van der Waals surface area (Å²) in [6.45, 7) is 3.78. The van der Waals surface area contributed by atoms with Crippen LogP contribution in [0, 0.1) is 23.0 Å². The Hall–Kier alpha value is -3.66. The highest BCUT2D eigenvalue weighted by Crippen LogP contribution is 2.34. The van der Waals surface area contributed by atoms with Crippen LogP contribution in [0.5, 0.6) is 0 Å². The third-order valence-electron chi connectivity index (χ3n) is 5.03. The Balaban J connectivity index is 2.15. The third kappa shape index (κ3) is 3.57. The van der Waals surface area contributed by atoms with E-state index in [2.05, 4.69) is 9.97 Å². The van der Waals surface area contributed by atoms with Crippen LogP contribution in [-0.4, -0.2) is 21.0 Å². The summed E-state index contributed by atoms with van der Waals surface area (Å²) in [7, 11) is 0. The van der Waals surface area contributed by atoms with Crippen molar-refractivity contribution in [3.63, 3.8) is 0 Å². The highest BCUT2D eigenvalue weighted by atomic mass is 19.1. The predicted molar refractivity (Wildman–Crippen MR) is 102 cm³/mol. The fourth-order valence-electron chi connectivity index (χ4n) is 3.10. The zero-order valence-electron chi connectivity index (χ0n) is 15.8. The Morgan fingerprint density at radius 3 is 2.38 bits per heavy atom. The highest BCUT2D eigenvalue weighted by Gasteiger charge is 2.31. The lowest BCUT2D eigenvalue weighted by molar-refractivity contribution is 0.0690. The van der Waals surface area contributed by atoms with E-state index in [9.17, 15) is 18.7 Å². The number of aromatic carboxylic acids is 1. The number of hydrogen-bond donors (Lipinski definition) is 1. The van der Waals surface area contributed by atoms with Gasteiger partial charge in [-0.25, -0.2) is 18.6 Å². The highest BCUT2D eigenvalue weighted by molar-refractivity contribution is 5.85. The molecule has 3 rings (SSSR count). The van der Waals surface area contributed by atoms with E-state index in [1.165, 1.54) is 18.2 Å². The van der Waals surface area contributed by atoms with Crippen LogP contribution in [0.15, 0.2) is 48.5 Å². The summed E-state index contributed by atoms with van der Waals surface area (Å²) >= 11 is 0. The molecule has 0 spiro atoms. The molecule has 0 aliphatic heterocycles. The Morgan fingerprint density at radius 2 is 1.76 bits per heavy atom.